The van der Waals surface area contributed by atoms with Crippen LogP contribution in [0.2, 0.25) is 0 Å². The van der Waals surface area contributed by atoms with E-state index in [1.165, 1.54) is 4.31 Å². The maximum atomic E-state index is 13.4. The fourth-order valence-electron chi connectivity index (χ4n) is 4.69. The Morgan fingerprint density at radius 3 is 2.37 bits per heavy atom. The van der Waals surface area contributed by atoms with Gasteiger partial charge in [0.25, 0.3) is 10.0 Å². The van der Waals surface area contributed by atoms with Gasteiger partial charge in [0.05, 0.1) is 10.6 Å². The molecule has 1 atom stereocenters. The van der Waals surface area contributed by atoms with Crippen molar-refractivity contribution in [2.75, 3.05) is 17.9 Å². The molecule has 3 aromatic carbocycles. The van der Waals surface area contributed by atoms with E-state index in [-0.39, 0.29) is 24.8 Å². The Bertz CT molecular complexity index is 1350. The zero-order chi connectivity index (χ0) is 25.2. The average molecular weight is 494 g/mol. The lowest BCUT2D eigenvalue weighted by molar-refractivity contribution is -0.141. The number of hydrogen-bond acceptors (Lipinski definition) is 4. The topological polar surface area (TPSA) is 86.8 Å². The minimum Gasteiger partial charge on any atom is -0.357 e. The predicted octanol–water partition coefficient (Wildman–Crippen LogP) is 3.99. The maximum absolute atomic E-state index is 13.4. The Kier molecular flexibility index (Phi) is 7.12. The summed E-state index contributed by atoms with van der Waals surface area (Å²) in [7, 11) is -2.10. The van der Waals surface area contributed by atoms with Crippen molar-refractivity contribution in [2.45, 2.75) is 50.6 Å². The first-order chi connectivity index (χ1) is 16.8. The lowest BCUT2D eigenvalue weighted by Gasteiger charge is -2.30. The van der Waals surface area contributed by atoms with Gasteiger partial charge in [0.1, 0.15) is 6.04 Å². The normalized spacial score (nSPS) is 14.7. The van der Waals surface area contributed by atoms with Crippen LogP contribution in [0.15, 0.2) is 65.6 Å². The molecule has 0 saturated heterocycles. The van der Waals surface area contributed by atoms with Crippen molar-refractivity contribution in [3.05, 3.63) is 71.8 Å². The zero-order valence-electron chi connectivity index (χ0n) is 20.3. The summed E-state index contributed by atoms with van der Waals surface area (Å²) >= 11 is 0. The van der Waals surface area contributed by atoms with Gasteiger partial charge in [-0.1, -0.05) is 61.0 Å². The number of carbonyl (C=O) groups excluding carboxylic acids is 2. The van der Waals surface area contributed by atoms with Crippen LogP contribution in [0, 0.1) is 6.92 Å². The minimum atomic E-state index is -3.66. The van der Waals surface area contributed by atoms with Crippen LogP contribution in [0.4, 0.5) is 5.69 Å². The predicted molar refractivity (Wildman–Crippen MR) is 138 cm³/mol. The summed E-state index contributed by atoms with van der Waals surface area (Å²) < 4.78 is 27.8. The van der Waals surface area contributed by atoms with Crippen molar-refractivity contribution in [3.63, 3.8) is 0 Å². The Hall–Kier alpha value is -3.39. The summed E-state index contributed by atoms with van der Waals surface area (Å²) in [6.45, 7) is 4.39. The van der Waals surface area contributed by atoms with E-state index in [1.807, 2.05) is 56.3 Å². The molecule has 0 bridgehead atoms. The van der Waals surface area contributed by atoms with E-state index < -0.39 is 16.1 Å². The molecule has 184 valence electrons. The SMILES string of the molecule is CC[C@@H](C(=O)NC)N(Cc1ccc(C)cc1)C(=O)CCCN1c2cccc3cccc(c23)S1(=O)=O. The third-order valence-electron chi connectivity index (χ3n) is 6.54. The van der Waals surface area contributed by atoms with E-state index in [9.17, 15) is 18.0 Å². The van der Waals surface area contributed by atoms with Crippen molar-refractivity contribution in [1.82, 2.24) is 10.2 Å². The third-order valence-corrected chi connectivity index (χ3v) is 8.39. The largest absolute Gasteiger partial charge is 0.357 e. The van der Waals surface area contributed by atoms with E-state index in [1.54, 1.807) is 30.1 Å². The molecule has 1 aliphatic rings. The molecular formula is C27H31N3O4S. The second-order valence-corrected chi connectivity index (χ2v) is 10.7. The zero-order valence-corrected chi connectivity index (χ0v) is 21.1. The fraction of sp³-hybridized carbons (Fsp3) is 0.333. The number of nitrogens with one attached hydrogen (secondary N) is 1. The van der Waals surface area contributed by atoms with Gasteiger partial charge in [0.2, 0.25) is 11.8 Å². The van der Waals surface area contributed by atoms with Crippen LogP contribution in [-0.2, 0) is 26.2 Å². The molecule has 0 fully saturated rings. The number of hydrogen-bond donors (Lipinski definition) is 1. The van der Waals surface area contributed by atoms with Gasteiger partial charge in [0.15, 0.2) is 0 Å². The molecule has 0 radical (unpaired) electrons. The molecule has 1 aliphatic heterocycles. The molecule has 0 aliphatic carbocycles. The minimum absolute atomic E-state index is 0.137. The molecule has 1 heterocycles. The fourth-order valence-corrected chi connectivity index (χ4v) is 6.44. The molecule has 0 unspecified atom stereocenters. The van der Waals surface area contributed by atoms with E-state index >= 15 is 0 Å². The number of sulfonamides is 1. The lowest BCUT2D eigenvalue weighted by atomic mass is 10.1. The van der Waals surface area contributed by atoms with Crippen molar-refractivity contribution >= 4 is 38.3 Å². The van der Waals surface area contributed by atoms with Gasteiger partial charge in [-0.3, -0.25) is 13.9 Å². The van der Waals surface area contributed by atoms with Crippen LogP contribution in [0.3, 0.4) is 0 Å². The van der Waals surface area contributed by atoms with Crippen LogP contribution >= 0.6 is 0 Å². The lowest BCUT2D eigenvalue weighted by Crippen LogP contribution is -2.48. The second-order valence-electron chi connectivity index (χ2n) is 8.86. The molecule has 0 aromatic heterocycles. The summed E-state index contributed by atoms with van der Waals surface area (Å²) in [4.78, 5) is 27.8. The second kappa shape index (κ2) is 10.1. The van der Waals surface area contributed by atoms with Crippen LogP contribution < -0.4 is 9.62 Å². The van der Waals surface area contributed by atoms with Gasteiger partial charge in [-0.2, -0.15) is 0 Å². The Labute approximate surface area is 206 Å². The van der Waals surface area contributed by atoms with E-state index in [0.29, 0.717) is 30.0 Å². The quantitative estimate of drug-likeness (QED) is 0.488. The van der Waals surface area contributed by atoms with Crippen LogP contribution in [0.5, 0.6) is 0 Å². The highest BCUT2D eigenvalue weighted by Crippen LogP contribution is 2.42. The number of aryl methyl sites for hydroxylation is 1. The van der Waals surface area contributed by atoms with Crippen LogP contribution in [-0.4, -0.2) is 44.8 Å². The van der Waals surface area contributed by atoms with Gasteiger partial charge in [-0.25, -0.2) is 8.42 Å². The first-order valence-corrected chi connectivity index (χ1v) is 13.3. The first-order valence-electron chi connectivity index (χ1n) is 11.9. The highest BCUT2D eigenvalue weighted by Gasteiger charge is 2.35. The van der Waals surface area contributed by atoms with Crippen LogP contribution in [0.1, 0.15) is 37.3 Å². The smallest absolute Gasteiger partial charge is 0.265 e. The highest BCUT2D eigenvalue weighted by atomic mass is 32.2. The number of likely N-dealkylation sites (N-methyl/N-ethyl adjacent to an activating group) is 1. The Morgan fingerprint density at radius 1 is 1.03 bits per heavy atom. The molecular weight excluding hydrogens is 462 g/mol. The Morgan fingerprint density at radius 2 is 1.71 bits per heavy atom. The molecule has 0 saturated carbocycles. The molecule has 3 aromatic rings. The van der Waals surface area contributed by atoms with Gasteiger partial charge >= 0.3 is 0 Å². The molecule has 0 spiro atoms. The first kappa shape index (κ1) is 24.7. The monoisotopic (exact) mass is 493 g/mol. The molecule has 2 amide bonds. The van der Waals surface area contributed by atoms with E-state index in [4.69, 9.17) is 0 Å². The number of benzene rings is 3. The van der Waals surface area contributed by atoms with E-state index in [0.717, 1.165) is 21.9 Å². The van der Waals surface area contributed by atoms with Crippen molar-refractivity contribution in [1.29, 1.82) is 0 Å². The summed E-state index contributed by atoms with van der Waals surface area (Å²) in [6.07, 6.45) is 0.962. The standard InChI is InChI=1S/C27H31N3O4S/c1-4-22(27(32)28-3)29(18-20-15-13-19(2)14-16-20)25(31)12-7-17-30-23-10-5-8-21-9-6-11-24(26(21)23)35(30,33)34/h5-6,8-11,13-16,22H,4,7,12,17-18H2,1-3H3,(H,28,32)/t22-/m0/s1. The highest BCUT2D eigenvalue weighted by molar-refractivity contribution is 7.93. The number of rotatable bonds is 9. The van der Waals surface area contributed by atoms with Crippen molar-refractivity contribution < 1.29 is 18.0 Å². The molecule has 35 heavy (non-hydrogen) atoms. The Balaban J connectivity index is 1.51. The molecule has 8 heteroatoms. The molecule has 7 nitrogen and oxygen atoms in total. The van der Waals surface area contributed by atoms with Gasteiger partial charge in [-0.05, 0) is 42.8 Å². The van der Waals surface area contributed by atoms with Crippen LogP contribution in [0.25, 0.3) is 10.8 Å². The number of carbonyl (C=O) groups is 2. The number of nitrogens with zero attached hydrogens (tertiary/aromatic N) is 2. The third kappa shape index (κ3) is 4.75. The van der Waals surface area contributed by atoms with Crippen molar-refractivity contribution in [3.8, 4) is 0 Å². The summed E-state index contributed by atoms with van der Waals surface area (Å²) in [5.41, 5.74) is 2.71. The summed E-state index contributed by atoms with van der Waals surface area (Å²) in [5, 5.41) is 4.27. The average Bonchev–Trinajstić information content (AvgIpc) is 3.08. The van der Waals surface area contributed by atoms with Crippen molar-refractivity contribution in [2.24, 2.45) is 0 Å². The summed E-state index contributed by atoms with van der Waals surface area (Å²) in [5.74, 6) is -0.384. The van der Waals surface area contributed by atoms with E-state index in [2.05, 4.69) is 5.32 Å². The van der Waals surface area contributed by atoms with Gasteiger partial charge < -0.3 is 10.2 Å². The van der Waals surface area contributed by atoms with Gasteiger partial charge in [-0.15, -0.1) is 0 Å². The molecule has 1 N–H and O–H groups in total. The molecule has 4 rings (SSSR count). The summed E-state index contributed by atoms with van der Waals surface area (Å²) in [6, 6.07) is 18.1. The number of anilines is 1. The maximum Gasteiger partial charge on any atom is 0.265 e. The van der Waals surface area contributed by atoms with Gasteiger partial charge in [0, 0.05) is 31.9 Å². The number of amides is 2.